The van der Waals surface area contributed by atoms with Gasteiger partial charge in [-0.2, -0.15) is 5.10 Å². The maximum Gasteiger partial charge on any atom is 0.181 e. The Balaban J connectivity index is 1.71. The Morgan fingerprint density at radius 3 is 2.90 bits per heavy atom. The van der Waals surface area contributed by atoms with E-state index in [4.69, 9.17) is 0 Å². The Labute approximate surface area is 124 Å². The Kier molecular flexibility index (Phi) is 3.73. The summed E-state index contributed by atoms with van der Waals surface area (Å²) in [4.78, 5) is 4.36. The zero-order chi connectivity index (χ0) is 14.7. The third-order valence-corrected chi connectivity index (χ3v) is 3.39. The molecule has 0 atom stereocenters. The van der Waals surface area contributed by atoms with Crippen molar-refractivity contribution in [2.24, 2.45) is 0 Å². The van der Waals surface area contributed by atoms with E-state index in [1.54, 1.807) is 0 Å². The lowest BCUT2D eigenvalue weighted by Gasteiger charge is -2.06. The van der Waals surface area contributed by atoms with Crippen molar-refractivity contribution in [3.8, 4) is 11.4 Å². The molecule has 0 radical (unpaired) electrons. The van der Waals surface area contributed by atoms with Crippen LogP contribution in [0.4, 0.5) is 5.69 Å². The highest BCUT2D eigenvalue weighted by Crippen LogP contribution is 2.19. The first-order chi connectivity index (χ1) is 10.2. The molecule has 2 aromatic heterocycles. The molecular weight excluding hydrogens is 262 g/mol. The lowest BCUT2D eigenvalue weighted by atomic mass is 10.2. The van der Waals surface area contributed by atoms with Gasteiger partial charge in [-0.1, -0.05) is 12.1 Å². The van der Waals surface area contributed by atoms with E-state index in [0.717, 1.165) is 36.0 Å². The Bertz CT molecular complexity index is 726. The number of hydrogen-bond donors (Lipinski definition) is 2. The van der Waals surface area contributed by atoms with Gasteiger partial charge in [-0.25, -0.2) is 4.98 Å². The predicted octanol–water partition coefficient (Wildman–Crippen LogP) is 3.21. The molecule has 5 heteroatoms. The van der Waals surface area contributed by atoms with Crippen LogP contribution < -0.4 is 5.32 Å². The Morgan fingerprint density at radius 1 is 1.29 bits per heavy atom. The minimum Gasteiger partial charge on any atom is -0.381 e. The van der Waals surface area contributed by atoms with E-state index in [1.807, 2.05) is 19.1 Å². The Hall–Kier alpha value is -2.56. The van der Waals surface area contributed by atoms with Gasteiger partial charge < -0.3 is 9.88 Å². The summed E-state index contributed by atoms with van der Waals surface area (Å²) in [7, 11) is 0. The van der Waals surface area contributed by atoms with E-state index in [9.17, 15) is 0 Å². The van der Waals surface area contributed by atoms with Crippen molar-refractivity contribution in [2.75, 3.05) is 5.32 Å². The van der Waals surface area contributed by atoms with Gasteiger partial charge in [0.2, 0.25) is 0 Å². The van der Waals surface area contributed by atoms with Crippen LogP contribution in [0.2, 0.25) is 0 Å². The molecule has 21 heavy (non-hydrogen) atoms. The van der Waals surface area contributed by atoms with Gasteiger partial charge in [0, 0.05) is 36.7 Å². The van der Waals surface area contributed by atoms with Gasteiger partial charge in [0.15, 0.2) is 5.82 Å². The number of H-pyrrole nitrogens is 1. The third kappa shape index (κ3) is 3.13. The molecule has 1 aromatic carbocycles. The highest BCUT2D eigenvalue weighted by molar-refractivity contribution is 5.62. The fraction of sp³-hybridized carbons (Fsp3) is 0.250. The first-order valence-electron chi connectivity index (χ1n) is 7.12. The molecule has 0 amide bonds. The molecule has 3 aromatic rings. The molecule has 2 heterocycles. The van der Waals surface area contributed by atoms with Crippen LogP contribution >= 0.6 is 0 Å². The highest BCUT2D eigenvalue weighted by Gasteiger charge is 2.04. The summed E-state index contributed by atoms with van der Waals surface area (Å²) in [5, 5.41) is 10.5. The van der Waals surface area contributed by atoms with E-state index in [0.29, 0.717) is 0 Å². The average Bonchev–Trinajstić information content (AvgIpc) is 3.14. The van der Waals surface area contributed by atoms with Gasteiger partial charge >= 0.3 is 0 Å². The molecule has 0 saturated heterocycles. The number of anilines is 1. The molecule has 2 N–H and O–H groups in total. The van der Waals surface area contributed by atoms with Crippen LogP contribution in [0.1, 0.15) is 18.3 Å². The molecule has 3 rings (SSSR count). The fourth-order valence-corrected chi connectivity index (χ4v) is 2.24. The van der Waals surface area contributed by atoms with Crippen LogP contribution in [-0.2, 0) is 13.1 Å². The summed E-state index contributed by atoms with van der Waals surface area (Å²) < 4.78 is 2.17. The van der Waals surface area contributed by atoms with E-state index in [2.05, 4.69) is 62.6 Å². The molecule has 0 aliphatic rings. The van der Waals surface area contributed by atoms with E-state index < -0.39 is 0 Å². The van der Waals surface area contributed by atoms with Crippen LogP contribution in [0.3, 0.4) is 0 Å². The van der Waals surface area contributed by atoms with Gasteiger partial charge in [0.25, 0.3) is 0 Å². The second-order valence-electron chi connectivity index (χ2n) is 5.03. The van der Waals surface area contributed by atoms with Crippen LogP contribution in [0, 0.1) is 6.92 Å². The third-order valence-electron chi connectivity index (χ3n) is 3.39. The average molecular weight is 281 g/mol. The van der Waals surface area contributed by atoms with E-state index in [1.165, 1.54) is 5.56 Å². The highest BCUT2D eigenvalue weighted by atomic mass is 15.2. The number of hydrogen-bond acceptors (Lipinski definition) is 3. The van der Waals surface area contributed by atoms with Crippen molar-refractivity contribution in [3.05, 3.63) is 54.1 Å². The molecule has 0 unspecified atom stereocenters. The summed E-state index contributed by atoms with van der Waals surface area (Å²) in [6.07, 6.45) is 4.26. The normalized spacial score (nSPS) is 10.8. The molecule has 0 bridgehead atoms. The molecule has 5 nitrogen and oxygen atoms in total. The van der Waals surface area contributed by atoms with Gasteiger partial charge in [0.1, 0.15) is 5.82 Å². The molecule has 0 aliphatic heterocycles. The van der Waals surface area contributed by atoms with Gasteiger partial charge in [0.05, 0.1) is 0 Å². The summed E-state index contributed by atoms with van der Waals surface area (Å²) in [6.45, 7) is 5.85. The SMILES string of the molecule is CCn1ccc(CNc2cccc(-c3n[nH]c(C)n3)c2)c1. The first kappa shape index (κ1) is 13.4. The van der Waals surface area contributed by atoms with Crippen molar-refractivity contribution >= 4 is 5.69 Å². The zero-order valence-electron chi connectivity index (χ0n) is 12.3. The summed E-state index contributed by atoms with van der Waals surface area (Å²) in [5.74, 6) is 1.55. The van der Waals surface area contributed by atoms with Crippen LogP contribution in [0.15, 0.2) is 42.7 Å². The maximum atomic E-state index is 4.36. The van der Waals surface area contributed by atoms with Gasteiger partial charge in [-0.3, -0.25) is 5.10 Å². The second-order valence-corrected chi connectivity index (χ2v) is 5.03. The number of benzene rings is 1. The molecule has 0 aliphatic carbocycles. The number of rotatable bonds is 5. The van der Waals surface area contributed by atoms with Crippen molar-refractivity contribution in [1.82, 2.24) is 19.7 Å². The van der Waals surface area contributed by atoms with Crippen LogP contribution in [0.25, 0.3) is 11.4 Å². The minimum absolute atomic E-state index is 0.730. The molecule has 0 spiro atoms. The van der Waals surface area contributed by atoms with Gasteiger partial charge in [-0.05, 0) is 37.6 Å². The first-order valence-corrected chi connectivity index (χ1v) is 7.12. The zero-order valence-corrected chi connectivity index (χ0v) is 12.3. The van der Waals surface area contributed by atoms with Gasteiger partial charge in [-0.15, -0.1) is 0 Å². The molecule has 108 valence electrons. The lowest BCUT2D eigenvalue weighted by molar-refractivity contribution is 0.766. The second kappa shape index (κ2) is 5.83. The maximum absolute atomic E-state index is 4.36. The number of nitrogens with one attached hydrogen (secondary N) is 2. The summed E-state index contributed by atoms with van der Waals surface area (Å²) in [5.41, 5.74) is 3.35. The van der Waals surface area contributed by atoms with Crippen molar-refractivity contribution < 1.29 is 0 Å². The summed E-state index contributed by atoms with van der Waals surface area (Å²) in [6, 6.07) is 10.3. The fourth-order valence-electron chi connectivity index (χ4n) is 2.24. The monoisotopic (exact) mass is 281 g/mol. The van der Waals surface area contributed by atoms with Crippen LogP contribution in [0.5, 0.6) is 0 Å². The lowest BCUT2D eigenvalue weighted by Crippen LogP contribution is -1.99. The summed E-state index contributed by atoms with van der Waals surface area (Å²) >= 11 is 0. The quantitative estimate of drug-likeness (QED) is 0.755. The van der Waals surface area contributed by atoms with Crippen molar-refractivity contribution in [3.63, 3.8) is 0 Å². The largest absolute Gasteiger partial charge is 0.381 e. The van der Waals surface area contributed by atoms with Crippen LogP contribution in [-0.4, -0.2) is 19.7 Å². The number of aromatic nitrogens is 4. The van der Waals surface area contributed by atoms with Crippen molar-refractivity contribution in [2.45, 2.75) is 26.9 Å². The topological polar surface area (TPSA) is 58.5 Å². The molecular formula is C16H19N5. The Morgan fingerprint density at radius 2 is 2.19 bits per heavy atom. The number of aryl methyl sites for hydroxylation is 2. The van der Waals surface area contributed by atoms with Crippen molar-refractivity contribution in [1.29, 1.82) is 0 Å². The number of nitrogens with zero attached hydrogens (tertiary/aromatic N) is 3. The standard InChI is InChI=1S/C16H19N5/c1-3-21-8-7-13(11-21)10-17-15-6-4-5-14(9-15)16-18-12(2)19-20-16/h4-9,11,17H,3,10H2,1-2H3,(H,18,19,20). The van der Waals surface area contributed by atoms with E-state index in [-0.39, 0.29) is 0 Å². The predicted molar refractivity (Wildman–Crippen MR) is 84.0 cm³/mol. The number of aromatic amines is 1. The molecule has 0 saturated carbocycles. The van der Waals surface area contributed by atoms with E-state index >= 15 is 0 Å². The molecule has 0 fully saturated rings. The smallest absolute Gasteiger partial charge is 0.181 e. The minimum atomic E-state index is 0.730.